The van der Waals surface area contributed by atoms with Crippen molar-refractivity contribution < 1.29 is 4.74 Å². The molecule has 0 radical (unpaired) electrons. The number of morpholine rings is 1. The summed E-state index contributed by atoms with van der Waals surface area (Å²) in [6.45, 7) is 2.32. The van der Waals surface area contributed by atoms with Crippen molar-refractivity contribution >= 4 is 16.5 Å². The van der Waals surface area contributed by atoms with Crippen LogP contribution in [0.25, 0.3) is 10.7 Å². The van der Waals surface area contributed by atoms with Gasteiger partial charge in [-0.15, -0.1) is 10.2 Å². The molecule has 0 N–H and O–H groups in total. The monoisotopic (exact) mass is 324 g/mol. The fourth-order valence-corrected chi connectivity index (χ4v) is 3.48. The van der Waals surface area contributed by atoms with Crippen molar-refractivity contribution in [1.29, 1.82) is 0 Å². The van der Waals surface area contributed by atoms with Gasteiger partial charge in [0.05, 0.1) is 13.2 Å². The zero-order chi connectivity index (χ0) is 15.5. The maximum Gasteiger partial charge on any atom is 0.208 e. The van der Waals surface area contributed by atoms with Crippen LogP contribution in [0.15, 0.2) is 54.7 Å². The number of aromatic nitrogens is 3. The van der Waals surface area contributed by atoms with Gasteiger partial charge in [-0.1, -0.05) is 47.7 Å². The van der Waals surface area contributed by atoms with Crippen LogP contribution in [0.2, 0.25) is 0 Å². The lowest BCUT2D eigenvalue weighted by Crippen LogP contribution is -2.38. The standard InChI is InChI=1S/C17H16N4OS/c1-2-6-13(7-3-1)15-12-21(10-11-22-15)17-20-19-16(23-17)14-8-4-5-9-18-14/h1-9,15H,10-12H2. The highest BCUT2D eigenvalue weighted by Crippen LogP contribution is 2.31. The number of nitrogens with zero attached hydrogens (tertiary/aromatic N) is 4. The van der Waals surface area contributed by atoms with E-state index in [2.05, 4.69) is 32.2 Å². The zero-order valence-electron chi connectivity index (χ0n) is 12.5. The molecule has 4 rings (SSSR count). The summed E-state index contributed by atoms with van der Waals surface area (Å²) in [6.07, 6.45) is 1.85. The van der Waals surface area contributed by atoms with Crippen molar-refractivity contribution in [2.75, 3.05) is 24.6 Å². The van der Waals surface area contributed by atoms with Crippen LogP contribution < -0.4 is 4.90 Å². The zero-order valence-corrected chi connectivity index (χ0v) is 13.3. The first-order valence-corrected chi connectivity index (χ1v) is 8.38. The van der Waals surface area contributed by atoms with E-state index in [0.29, 0.717) is 6.61 Å². The van der Waals surface area contributed by atoms with E-state index in [9.17, 15) is 0 Å². The van der Waals surface area contributed by atoms with E-state index in [4.69, 9.17) is 4.74 Å². The van der Waals surface area contributed by atoms with E-state index in [1.54, 1.807) is 17.5 Å². The highest BCUT2D eigenvalue weighted by molar-refractivity contribution is 7.18. The summed E-state index contributed by atoms with van der Waals surface area (Å²) in [7, 11) is 0. The van der Waals surface area contributed by atoms with Gasteiger partial charge < -0.3 is 9.64 Å². The minimum atomic E-state index is 0.0761. The van der Waals surface area contributed by atoms with Crippen LogP contribution in [0.3, 0.4) is 0 Å². The molecule has 0 saturated carbocycles. The average Bonchev–Trinajstić information content (AvgIpc) is 3.14. The van der Waals surface area contributed by atoms with Crippen molar-refractivity contribution in [1.82, 2.24) is 15.2 Å². The minimum Gasteiger partial charge on any atom is -0.370 e. The van der Waals surface area contributed by atoms with Crippen molar-refractivity contribution in [3.8, 4) is 10.7 Å². The molecule has 1 aliphatic rings. The van der Waals surface area contributed by atoms with Gasteiger partial charge in [0.25, 0.3) is 0 Å². The van der Waals surface area contributed by atoms with Gasteiger partial charge >= 0.3 is 0 Å². The number of benzene rings is 1. The quantitative estimate of drug-likeness (QED) is 0.740. The highest BCUT2D eigenvalue weighted by Gasteiger charge is 2.24. The molecule has 23 heavy (non-hydrogen) atoms. The second kappa shape index (κ2) is 6.44. The van der Waals surface area contributed by atoms with Crippen LogP contribution in [-0.2, 0) is 4.74 Å². The van der Waals surface area contributed by atoms with Crippen molar-refractivity contribution in [3.05, 3.63) is 60.3 Å². The lowest BCUT2D eigenvalue weighted by atomic mass is 10.1. The van der Waals surface area contributed by atoms with E-state index in [-0.39, 0.29) is 6.10 Å². The predicted octanol–water partition coefficient (Wildman–Crippen LogP) is 3.18. The molecule has 1 fully saturated rings. The molecule has 1 saturated heterocycles. The number of ether oxygens (including phenoxy) is 1. The summed E-state index contributed by atoms with van der Waals surface area (Å²) in [4.78, 5) is 6.58. The third-order valence-corrected chi connectivity index (χ3v) is 4.81. The van der Waals surface area contributed by atoms with Gasteiger partial charge in [0.2, 0.25) is 5.13 Å². The second-order valence-corrected chi connectivity index (χ2v) is 6.28. The van der Waals surface area contributed by atoms with Crippen LogP contribution in [0.4, 0.5) is 5.13 Å². The summed E-state index contributed by atoms with van der Waals surface area (Å²) >= 11 is 1.58. The molecule has 0 spiro atoms. The van der Waals surface area contributed by atoms with E-state index in [1.807, 2.05) is 36.4 Å². The smallest absolute Gasteiger partial charge is 0.208 e. The van der Waals surface area contributed by atoms with Gasteiger partial charge in [-0.2, -0.15) is 0 Å². The number of hydrogen-bond acceptors (Lipinski definition) is 6. The SMILES string of the molecule is c1ccc(C2CN(c3nnc(-c4ccccn4)s3)CCO2)cc1. The van der Waals surface area contributed by atoms with Crippen LogP contribution in [0.1, 0.15) is 11.7 Å². The van der Waals surface area contributed by atoms with E-state index < -0.39 is 0 Å². The van der Waals surface area contributed by atoms with Crippen molar-refractivity contribution in [2.45, 2.75) is 6.10 Å². The molecule has 0 aliphatic carbocycles. The molecule has 116 valence electrons. The third kappa shape index (κ3) is 3.09. The topological polar surface area (TPSA) is 51.1 Å². The Morgan fingerprint density at radius 1 is 1.04 bits per heavy atom. The first-order valence-electron chi connectivity index (χ1n) is 7.56. The summed E-state index contributed by atoms with van der Waals surface area (Å²) in [5.74, 6) is 0. The van der Waals surface area contributed by atoms with Gasteiger partial charge in [-0.25, -0.2) is 0 Å². The van der Waals surface area contributed by atoms with E-state index in [0.717, 1.165) is 28.9 Å². The van der Waals surface area contributed by atoms with Gasteiger partial charge in [0.15, 0.2) is 5.01 Å². The molecular weight excluding hydrogens is 308 g/mol. The first-order chi connectivity index (χ1) is 11.4. The molecule has 3 heterocycles. The molecule has 6 heteroatoms. The fourth-order valence-electron chi connectivity index (χ4n) is 2.63. The fraction of sp³-hybridized carbons (Fsp3) is 0.235. The highest BCUT2D eigenvalue weighted by atomic mass is 32.1. The van der Waals surface area contributed by atoms with E-state index >= 15 is 0 Å². The Morgan fingerprint density at radius 3 is 2.74 bits per heavy atom. The van der Waals surface area contributed by atoms with Gasteiger partial charge in [-0.3, -0.25) is 4.98 Å². The lowest BCUT2D eigenvalue weighted by Gasteiger charge is -2.32. The molecule has 1 aromatic carbocycles. The van der Waals surface area contributed by atoms with Crippen molar-refractivity contribution in [2.24, 2.45) is 0 Å². The molecule has 3 aromatic rings. The molecule has 0 bridgehead atoms. The van der Waals surface area contributed by atoms with Crippen LogP contribution in [-0.4, -0.2) is 34.9 Å². The van der Waals surface area contributed by atoms with Crippen LogP contribution in [0.5, 0.6) is 0 Å². The molecule has 0 amide bonds. The molecule has 2 aromatic heterocycles. The van der Waals surface area contributed by atoms with Gasteiger partial charge in [0, 0.05) is 12.7 Å². The normalized spacial score (nSPS) is 18.1. The Balaban J connectivity index is 1.53. The summed E-state index contributed by atoms with van der Waals surface area (Å²) in [5.41, 5.74) is 2.07. The minimum absolute atomic E-state index is 0.0761. The largest absolute Gasteiger partial charge is 0.370 e. The van der Waals surface area contributed by atoms with Crippen LogP contribution >= 0.6 is 11.3 Å². The summed E-state index contributed by atoms with van der Waals surface area (Å²) in [6, 6.07) is 16.1. The Labute approximate surface area is 138 Å². The number of pyridine rings is 1. The first kappa shape index (κ1) is 14.3. The molecule has 1 atom stereocenters. The average molecular weight is 324 g/mol. The number of anilines is 1. The summed E-state index contributed by atoms with van der Waals surface area (Å²) < 4.78 is 5.91. The Hall–Kier alpha value is -2.31. The van der Waals surface area contributed by atoms with Crippen molar-refractivity contribution in [3.63, 3.8) is 0 Å². The van der Waals surface area contributed by atoms with Crippen LogP contribution in [0, 0.1) is 0 Å². The Morgan fingerprint density at radius 2 is 1.91 bits per heavy atom. The predicted molar refractivity (Wildman–Crippen MR) is 90.5 cm³/mol. The molecule has 5 nitrogen and oxygen atoms in total. The molecule has 1 unspecified atom stereocenters. The third-order valence-electron chi connectivity index (χ3n) is 3.81. The summed E-state index contributed by atoms with van der Waals surface area (Å²) in [5, 5.41) is 10.4. The second-order valence-electron chi connectivity index (χ2n) is 5.32. The maximum atomic E-state index is 5.91. The van der Waals surface area contributed by atoms with Gasteiger partial charge in [0.1, 0.15) is 11.8 Å². The van der Waals surface area contributed by atoms with E-state index in [1.165, 1.54) is 5.56 Å². The Bertz CT molecular complexity index is 763. The Kier molecular flexibility index (Phi) is 4.00. The molecular formula is C17H16N4OS. The maximum absolute atomic E-state index is 5.91. The number of hydrogen-bond donors (Lipinski definition) is 0. The van der Waals surface area contributed by atoms with Gasteiger partial charge in [-0.05, 0) is 17.7 Å². The number of rotatable bonds is 3. The lowest BCUT2D eigenvalue weighted by molar-refractivity contribution is 0.0397. The molecule has 1 aliphatic heterocycles.